The van der Waals surface area contributed by atoms with E-state index in [2.05, 4.69) is 47.0 Å². The normalized spacial score (nSPS) is 18.5. The van der Waals surface area contributed by atoms with E-state index in [1.54, 1.807) is 0 Å². The third-order valence-electron chi connectivity index (χ3n) is 3.79. The van der Waals surface area contributed by atoms with E-state index in [-0.39, 0.29) is 11.9 Å². The van der Waals surface area contributed by atoms with E-state index in [0.29, 0.717) is 0 Å². The highest BCUT2D eigenvalue weighted by molar-refractivity contribution is 9.10. The Morgan fingerprint density at radius 2 is 2.05 bits per heavy atom. The summed E-state index contributed by atoms with van der Waals surface area (Å²) in [7, 11) is -1.34. The molecule has 4 heteroatoms. The van der Waals surface area contributed by atoms with Crippen molar-refractivity contribution in [3.63, 3.8) is 0 Å². The van der Waals surface area contributed by atoms with Gasteiger partial charge in [0.15, 0.2) is 0 Å². The lowest BCUT2D eigenvalue weighted by Gasteiger charge is -2.35. The predicted molar refractivity (Wildman–Crippen MR) is 98.6 cm³/mol. The van der Waals surface area contributed by atoms with Crippen LogP contribution in [0.2, 0.25) is 19.6 Å². The first-order valence-electron chi connectivity index (χ1n) is 7.94. The molecule has 2 nitrogen and oxygen atoms in total. The maximum Gasteiger partial charge on any atom is 0.255 e. The van der Waals surface area contributed by atoms with Crippen LogP contribution in [-0.2, 0) is 0 Å². The van der Waals surface area contributed by atoms with Gasteiger partial charge in [0.05, 0.1) is 5.56 Å². The van der Waals surface area contributed by atoms with Gasteiger partial charge in [0.1, 0.15) is 8.07 Å². The average Bonchev–Trinajstić information content (AvgIpc) is 2.46. The fourth-order valence-electron chi connectivity index (χ4n) is 2.70. The van der Waals surface area contributed by atoms with Gasteiger partial charge < -0.3 is 4.90 Å². The third-order valence-corrected chi connectivity index (χ3v) is 5.41. The molecule has 0 aliphatic carbocycles. The van der Waals surface area contributed by atoms with Crippen molar-refractivity contribution in [1.29, 1.82) is 0 Å². The van der Waals surface area contributed by atoms with Crippen LogP contribution in [0.15, 0.2) is 28.7 Å². The van der Waals surface area contributed by atoms with Gasteiger partial charge in [0, 0.05) is 23.5 Å². The Balaban J connectivity index is 2.14. The standard InChI is InChI=1S/C18H24BrNOSi/c1-22(2,3)14-8-10-15-9-6-7-13-20(15)18(21)16-11-4-5-12-17(16)19/h4-5,11-12,15H,6-7,9-10,13H2,1-3H3. The topological polar surface area (TPSA) is 20.3 Å². The molecule has 0 saturated carbocycles. The molecule has 0 aromatic heterocycles. The summed E-state index contributed by atoms with van der Waals surface area (Å²) in [5.41, 5.74) is 4.18. The molecule has 1 heterocycles. The highest BCUT2D eigenvalue weighted by atomic mass is 79.9. The zero-order valence-electron chi connectivity index (χ0n) is 13.7. The van der Waals surface area contributed by atoms with Crippen LogP contribution in [0.25, 0.3) is 0 Å². The molecule has 118 valence electrons. The van der Waals surface area contributed by atoms with Gasteiger partial charge in [-0.2, -0.15) is 0 Å². The Bertz CT molecular complexity index is 597. The third kappa shape index (κ3) is 4.72. The number of hydrogen-bond donors (Lipinski definition) is 0. The number of nitrogens with zero attached hydrogens (tertiary/aromatic N) is 1. The molecule has 22 heavy (non-hydrogen) atoms. The molecule has 1 saturated heterocycles. The van der Waals surface area contributed by atoms with E-state index in [0.717, 1.165) is 35.8 Å². The molecule has 2 rings (SSSR count). The van der Waals surface area contributed by atoms with Crippen LogP contribution >= 0.6 is 15.9 Å². The monoisotopic (exact) mass is 377 g/mol. The van der Waals surface area contributed by atoms with Crippen molar-refractivity contribution in [2.45, 2.75) is 51.4 Å². The van der Waals surface area contributed by atoms with Crippen LogP contribution in [0.5, 0.6) is 0 Å². The van der Waals surface area contributed by atoms with Crippen molar-refractivity contribution in [1.82, 2.24) is 4.90 Å². The summed E-state index contributed by atoms with van der Waals surface area (Å²) in [6.45, 7) is 7.61. The Morgan fingerprint density at radius 3 is 2.73 bits per heavy atom. The van der Waals surface area contributed by atoms with Crippen LogP contribution in [-0.4, -0.2) is 31.5 Å². The van der Waals surface area contributed by atoms with Crippen molar-refractivity contribution < 1.29 is 4.79 Å². The van der Waals surface area contributed by atoms with E-state index < -0.39 is 8.07 Å². The molecule has 0 spiro atoms. The van der Waals surface area contributed by atoms with Gasteiger partial charge in [0.2, 0.25) is 0 Å². The highest BCUT2D eigenvalue weighted by Gasteiger charge is 2.27. The first-order valence-corrected chi connectivity index (χ1v) is 12.2. The van der Waals surface area contributed by atoms with Gasteiger partial charge >= 0.3 is 0 Å². The summed E-state index contributed by atoms with van der Waals surface area (Å²) in [4.78, 5) is 14.9. The molecule has 1 fully saturated rings. The molecule has 1 amide bonds. The largest absolute Gasteiger partial charge is 0.335 e. The zero-order chi connectivity index (χ0) is 16.2. The molecule has 1 unspecified atom stereocenters. The van der Waals surface area contributed by atoms with E-state index in [9.17, 15) is 4.79 Å². The van der Waals surface area contributed by atoms with E-state index in [1.165, 1.54) is 6.42 Å². The number of hydrogen-bond acceptors (Lipinski definition) is 1. The van der Waals surface area contributed by atoms with E-state index in [4.69, 9.17) is 0 Å². The molecule has 0 N–H and O–H groups in total. The fraction of sp³-hybridized carbons (Fsp3) is 0.500. The Morgan fingerprint density at radius 1 is 1.32 bits per heavy atom. The molecular formula is C18H24BrNOSi. The summed E-state index contributed by atoms with van der Waals surface area (Å²) in [6.07, 6.45) is 4.16. The molecular weight excluding hydrogens is 354 g/mol. The van der Waals surface area contributed by atoms with Crippen molar-refractivity contribution in [3.8, 4) is 11.5 Å². The summed E-state index contributed by atoms with van der Waals surface area (Å²) in [5.74, 6) is 3.48. The summed E-state index contributed by atoms with van der Waals surface area (Å²) >= 11 is 3.49. The second-order valence-corrected chi connectivity index (χ2v) is 12.5. The average molecular weight is 378 g/mol. The van der Waals surface area contributed by atoms with Gasteiger partial charge in [-0.05, 0) is 47.3 Å². The van der Waals surface area contributed by atoms with Gasteiger partial charge in [-0.25, -0.2) is 0 Å². The quantitative estimate of drug-likeness (QED) is 0.539. The van der Waals surface area contributed by atoms with Crippen LogP contribution in [0.4, 0.5) is 0 Å². The molecule has 1 aliphatic heterocycles. The minimum atomic E-state index is -1.34. The molecule has 1 aromatic rings. The molecule has 1 atom stereocenters. The molecule has 0 bridgehead atoms. The lowest BCUT2D eigenvalue weighted by Crippen LogP contribution is -2.43. The smallest absolute Gasteiger partial charge is 0.255 e. The molecule has 1 aliphatic rings. The Hall–Kier alpha value is -1.05. The van der Waals surface area contributed by atoms with Gasteiger partial charge in [-0.15, -0.1) is 11.5 Å². The fourth-order valence-corrected chi connectivity index (χ4v) is 3.79. The first-order chi connectivity index (χ1) is 10.4. The second kappa shape index (κ2) is 7.48. The second-order valence-electron chi connectivity index (χ2n) is 6.88. The zero-order valence-corrected chi connectivity index (χ0v) is 16.2. The van der Waals surface area contributed by atoms with Crippen molar-refractivity contribution >= 4 is 29.9 Å². The number of amides is 1. The SMILES string of the molecule is C[Si](C)(C)C#CCC1CCCCN1C(=O)c1ccccc1Br. The molecule has 1 aromatic carbocycles. The molecule has 0 radical (unpaired) electrons. The Kier molecular flexibility index (Phi) is 5.88. The number of likely N-dealkylation sites (tertiary alicyclic amines) is 1. The van der Waals surface area contributed by atoms with Crippen LogP contribution in [0.3, 0.4) is 0 Å². The van der Waals surface area contributed by atoms with E-state index in [1.807, 2.05) is 29.2 Å². The minimum Gasteiger partial charge on any atom is -0.335 e. The summed E-state index contributed by atoms with van der Waals surface area (Å²) in [5, 5.41) is 0. The maximum absolute atomic E-state index is 12.8. The number of piperidine rings is 1. The maximum atomic E-state index is 12.8. The Labute approximate surface area is 143 Å². The lowest BCUT2D eigenvalue weighted by atomic mass is 9.98. The number of rotatable bonds is 2. The van der Waals surface area contributed by atoms with Crippen molar-refractivity contribution in [3.05, 3.63) is 34.3 Å². The van der Waals surface area contributed by atoms with Crippen molar-refractivity contribution in [2.24, 2.45) is 0 Å². The van der Waals surface area contributed by atoms with Gasteiger partial charge in [-0.3, -0.25) is 4.79 Å². The van der Waals surface area contributed by atoms with Gasteiger partial charge in [0.25, 0.3) is 5.91 Å². The number of carbonyl (C=O) groups excluding carboxylic acids is 1. The summed E-state index contributed by atoms with van der Waals surface area (Å²) in [6, 6.07) is 7.94. The van der Waals surface area contributed by atoms with Crippen molar-refractivity contribution in [2.75, 3.05) is 6.54 Å². The predicted octanol–water partition coefficient (Wildman–Crippen LogP) is 4.71. The minimum absolute atomic E-state index is 0.131. The number of benzene rings is 1. The number of halogens is 1. The lowest BCUT2D eigenvalue weighted by molar-refractivity contribution is 0.0618. The van der Waals surface area contributed by atoms with Crippen LogP contribution in [0.1, 0.15) is 36.0 Å². The van der Waals surface area contributed by atoms with Crippen LogP contribution in [0, 0.1) is 11.5 Å². The van der Waals surface area contributed by atoms with E-state index >= 15 is 0 Å². The number of carbonyl (C=O) groups is 1. The first kappa shape index (κ1) is 17.3. The summed E-state index contributed by atoms with van der Waals surface area (Å²) < 4.78 is 0.873. The van der Waals surface area contributed by atoms with Gasteiger partial charge in [-0.1, -0.05) is 31.8 Å². The highest BCUT2D eigenvalue weighted by Crippen LogP contribution is 2.25. The van der Waals surface area contributed by atoms with Crippen LogP contribution < -0.4 is 0 Å².